The summed E-state index contributed by atoms with van der Waals surface area (Å²) >= 11 is 1.52. The van der Waals surface area contributed by atoms with Crippen LogP contribution in [-0.4, -0.2) is 37.2 Å². The largest absolute Gasteiger partial charge is 0.441 e. The van der Waals surface area contributed by atoms with Gasteiger partial charge in [-0.3, -0.25) is 4.79 Å². The normalized spacial score (nSPS) is 16.4. The first-order valence-electron chi connectivity index (χ1n) is 10.3. The van der Waals surface area contributed by atoms with Crippen molar-refractivity contribution in [2.45, 2.75) is 50.2 Å². The highest BCUT2D eigenvalue weighted by atomic mass is 32.2. The maximum absolute atomic E-state index is 12.3. The molecule has 1 atom stereocenters. The Labute approximate surface area is 183 Å². The summed E-state index contributed by atoms with van der Waals surface area (Å²) in [6.07, 6.45) is 3.57. The molecule has 1 aliphatic heterocycles. The minimum atomic E-state index is -0.239. The van der Waals surface area contributed by atoms with Gasteiger partial charge in [0.15, 0.2) is 16.3 Å². The number of thioether (sulfide) groups is 1. The summed E-state index contributed by atoms with van der Waals surface area (Å²) in [6.45, 7) is 5.36. The number of ether oxygens (including phenoxy) is 1. The van der Waals surface area contributed by atoms with Crippen LogP contribution < -0.4 is 5.56 Å². The Morgan fingerprint density at radius 2 is 2.19 bits per heavy atom. The van der Waals surface area contributed by atoms with Crippen molar-refractivity contribution in [2.75, 3.05) is 6.61 Å². The summed E-state index contributed by atoms with van der Waals surface area (Å²) in [4.78, 5) is 28.5. The second-order valence-electron chi connectivity index (χ2n) is 7.72. The van der Waals surface area contributed by atoms with E-state index in [1.54, 1.807) is 0 Å². The van der Waals surface area contributed by atoms with E-state index in [4.69, 9.17) is 14.1 Å². The molecular weight excluding hydrogens is 414 g/mol. The Morgan fingerprint density at radius 1 is 1.29 bits per heavy atom. The third-order valence-electron chi connectivity index (χ3n) is 5.41. The zero-order chi connectivity index (χ0) is 21.4. The van der Waals surface area contributed by atoms with Crippen LogP contribution in [0, 0.1) is 13.8 Å². The van der Waals surface area contributed by atoms with Gasteiger partial charge in [-0.05, 0) is 38.8 Å². The lowest BCUT2D eigenvalue weighted by Gasteiger charge is -2.13. The van der Waals surface area contributed by atoms with Crippen LogP contribution in [-0.2, 0) is 17.0 Å². The Hall–Kier alpha value is -2.91. The number of hydrogen-bond donors (Lipinski definition) is 1. The average Bonchev–Trinajstić information content (AvgIpc) is 3.48. The second-order valence-corrected chi connectivity index (χ2v) is 8.67. The van der Waals surface area contributed by atoms with Crippen LogP contribution in [0.4, 0.5) is 0 Å². The van der Waals surface area contributed by atoms with E-state index in [9.17, 15) is 4.79 Å². The fraction of sp³-hybridized carbons (Fsp3) is 0.364. The van der Waals surface area contributed by atoms with Gasteiger partial charge < -0.3 is 18.7 Å². The number of hydrogen-bond acceptors (Lipinski definition) is 7. The number of oxazole rings is 1. The molecule has 1 aliphatic rings. The van der Waals surface area contributed by atoms with Crippen LogP contribution in [0.2, 0.25) is 0 Å². The van der Waals surface area contributed by atoms with Crippen molar-refractivity contribution in [1.29, 1.82) is 0 Å². The van der Waals surface area contributed by atoms with Crippen molar-refractivity contribution in [3.63, 3.8) is 0 Å². The first-order chi connectivity index (χ1) is 15.1. The highest BCUT2D eigenvalue weighted by molar-refractivity contribution is 7.98. The number of aryl methyl sites for hydroxylation is 2. The fourth-order valence-electron chi connectivity index (χ4n) is 3.79. The monoisotopic (exact) mass is 437 g/mol. The molecule has 0 spiro atoms. The first kappa shape index (κ1) is 20.0. The summed E-state index contributed by atoms with van der Waals surface area (Å²) in [5, 5.41) is 0.731. The number of benzene rings is 1. The number of rotatable bonds is 6. The van der Waals surface area contributed by atoms with E-state index >= 15 is 0 Å². The van der Waals surface area contributed by atoms with Crippen LogP contribution in [0.1, 0.15) is 29.9 Å². The molecule has 4 aromatic rings. The Morgan fingerprint density at radius 3 is 3.00 bits per heavy atom. The van der Waals surface area contributed by atoms with E-state index in [0.29, 0.717) is 29.4 Å². The van der Waals surface area contributed by atoms with Gasteiger partial charge in [-0.2, -0.15) is 0 Å². The third kappa shape index (κ3) is 4.03. The summed E-state index contributed by atoms with van der Waals surface area (Å²) < 4.78 is 13.7. The van der Waals surface area contributed by atoms with E-state index in [0.717, 1.165) is 47.2 Å². The second kappa shape index (κ2) is 8.32. The van der Waals surface area contributed by atoms with E-state index in [1.807, 2.05) is 36.6 Å². The van der Waals surface area contributed by atoms with Gasteiger partial charge in [-0.25, -0.2) is 15.0 Å². The van der Waals surface area contributed by atoms with E-state index in [1.165, 1.54) is 18.1 Å². The van der Waals surface area contributed by atoms with Crippen molar-refractivity contribution in [2.24, 2.45) is 0 Å². The molecule has 160 valence electrons. The van der Waals surface area contributed by atoms with Crippen LogP contribution in [0.5, 0.6) is 0 Å². The highest BCUT2D eigenvalue weighted by Crippen LogP contribution is 2.29. The molecule has 0 bridgehead atoms. The number of fused-ring (bicyclic) bond motifs is 1. The van der Waals surface area contributed by atoms with Crippen LogP contribution in [0.3, 0.4) is 0 Å². The number of nitrogens with zero attached hydrogens (tertiary/aromatic N) is 4. The predicted octanol–water partition coefficient (Wildman–Crippen LogP) is 3.86. The van der Waals surface area contributed by atoms with Crippen molar-refractivity contribution >= 4 is 22.9 Å². The maximum Gasteiger partial charge on any atom is 0.278 e. The molecular formula is C22H23N5O3S. The zero-order valence-electron chi connectivity index (χ0n) is 17.4. The number of imidazole rings is 1. The van der Waals surface area contributed by atoms with Gasteiger partial charge in [0.1, 0.15) is 5.76 Å². The Balaban J connectivity index is 1.43. The van der Waals surface area contributed by atoms with E-state index in [-0.39, 0.29) is 11.7 Å². The lowest BCUT2D eigenvalue weighted by atomic mass is 10.1. The minimum Gasteiger partial charge on any atom is -0.441 e. The topological polar surface area (TPSA) is 98.8 Å². The fourth-order valence-corrected chi connectivity index (χ4v) is 4.80. The molecule has 5 rings (SSSR count). The quantitative estimate of drug-likeness (QED) is 0.457. The van der Waals surface area contributed by atoms with Crippen LogP contribution in [0.25, 0.3) is 22.6 Å². The SMILES string of the molecule is Cc1cccc(-c2nc(CSc3nc4c(=O)[nH]cnc4n3C[C@H]3CCCO3)c(C)o2)c1. The molecule has 0 saturated carbocycles. The molecule has 0 unspecified atom stereocenters. The summed E-state index contributed by atoms with van der Waals surface area (Å²) in [7, 11) is 0. The molecule has 31 heavy (non-hydrogen) atoms. The predicted molar refractivity (Wildman–Crippen MR) is 118 cm³/mol. The van der Waals surface area contributed by atoms with Crippen molar-refractivity contribution < 1.29 is 9.15 Å². The van der Waals surface area contributed by atoms with Gasteiger partial charge in [0.25, 0.3) is 5.56 Å². The third-order valence-corrected chi connectivity index (χ3v) is 6.40. The van der Waals surface area contributed by atoms with Crippen LogP contribution >= 0.6 is 11.8 Å². The summed E-state index contributed by atoms with van der Waals surface area (Å²) in [5.74, 6) is 1.97. The van der Waals surface area contributed by atoms with E-state index < -0.39 is 0 Å². The van der Waals surface area contributed by atoms with Crippen LogP contribution in [0.15, 0.2) is 45.0 Å². The number of H-pyrrole nitrogens is 1. The zero-order valence-corrected chi connectivity index (χ0v) is 18.2. The van der Waals surface area contributed by atoms with Gasteiger partial charge in [-0.1, -0.05) is 29.5 Å². The van der Waals surface area contributed by atoms with Gasteiger partial charge >= 0.3 is 0 Å². The number of nitrogens with one attached hydrogen (secondary N) is 1. The van der Waals surface area contributed by atoms with Gasteiger partial charge in [-0.15, -0.1) is 0 Å². The molecule has 0 radical (unpaired) electrons. The van der Waals surface area contributed by atoms with E-state index in [2.05, 4.69) is 21.0 Å². The molecule has 9 heteroatoms. The maximum atomic E-state index is 12.3. The molecule has 3 aromatic heterocycles. The van der Waals surface area contributed by atoms with Gasteiger partial charge in [0.2, 0.25) is 5.89 Å². The molecule has 0 amide bonds. The molecule has 8 nitrogen and oxygen atoms in total. The minimum absolute atomic E-state index is 0.111. The standard InChI is InChI=1S/C22H23N5O3S/c1-13-5-3-6-15(9-13)21-25-17(14(2)30-21)11-31-22-26-18-19(23-12-24-20(18)28)27(22)10-16-7-4-8-29-16/h3,5-6,9,12,16H,4,7-8,10-11H2,1-2H3,(H,23,24,28)/t16-/m1/s1. The lowest BCUT2D eigenvalue weighted by Crippen LogP contribution is -2.16. The highest BCUT2D eigenvalue weighted by Gasteiger charge is 2.22. The smallest absolute Gasteiger partial charge is 0.278 e. The molecule has 0 aliphatic carbocycles. The number of aromatic nitrogens is 5. The van der Waals surface area contributed by atoms with Gasteiger partial charge in [0, 0.05) is 17.9 Å². The molecule has 1 aromatic carbocycles. The molecule has 1 saturated heterocycles. The molecule has 1 N–H and O–H groups in total. The molecule has 4 heterocycles. The average molecular weight is 438 g/mol. The lowest BCUT2D eigenvalue weighted by molar-refractivity contribution is 0.0958. The van der Waals surface area contributed by atoms with Gasteiger partial charge in [0.05, 0.1) is 24.7 Å². The first-order valence-corrected chi connectivity index (χ1v) is 11.3. The van der Waals surface area contributed by atoms with Crippen molar-refractivity contribution in [3.8, 4) is 11.5 Å². The number of aromatic amines is 1. The summed E-state index contributed by atoms with van der Waals surface area (Å²) in [6, 6.07) is 8.09. The summed E-state index contributed by atoms with van der Waals surface area (Å²) in [5.41, 5.74) is 3.67. The molecule has 1 fully saturated rings. The van der Waals surface area contributed by atoms with Crippen molar-refractivity contribution in [1.82, 2.24) is 24.5 Å². The Bertz CT molecular complexity index is 1290. The Kier molecular flexibility index (Phi) is 5.37. The van der Waals surface area contributed by atoms with Crippen molar-refractivity contribution in [3.05, 3.63) is 58.0 Å².